The first-order valence-corrected chi connectivity index (χ1v) is 6.86. The molecule has 102 valence electrons. The van der Waals surface area contributed by atoms with Crippen LogP contribution in [0.2, 0.25) is 0 Å². The summed E-state index contributed by atoms with van der Waals surface area (Å²) in [6.07, 6.45) is 4.62. The maximum Gasteiger partial charge on any atom is 0.230 e. The van der Waals surface area contributed by atoms with Gasteiger partial charge in [-0.05, 0) is 25.8 Å². The van der Waals surface area contributed by atoms with Crippen molar-refractivity contribution in [1.82, 2.24) is 4.90 Å². The van der Waals surface area contributed by atoms with Crippen LogP contribution >= 0.6 is 0 Å². The van der Waals surface area contributed by atoms with Crippen LogP contribution in [0.15, 0.2) is 42.5 Å². The second kappa shape index (κ2) is 6.02. The summed E-state index contributed by atoms with van der Waals surface area (Å²) < 4.78 is 0. The third-order valence-electron chi connectivity index (χ3n) is 3.54. The van der Waals surface area contributed by atoms with Crippen LogP contribution in [-0.2, 0) is 11.3 Å². The van der Waals surface area contributed by atoms with Crippen molar-refractivity contribution >= 4 is 5.91 Å². The molecule has 2 N–H and O–H groups in total. The van der Waals surface area contributed by atoms with Gasteiger partial charge in [0, 0.05) is 18.6 Å². The monoisotopic (exact) mass is 258 g/mol. The van der Waals surface area contributed by atoms with Crippen LogP contribution in [0.3, 0.4) is 0 Å². The Hall–Kier alpha value is -1.61. The summed E-state index contributed by atoms with van der Waals surface area (Å²) in [5.74, 6) is 0.129. The van der Waals surface area contributed by atoms with Gasteiger partial charge < -0.3 is 10.6 Å². The van der Waals surface area contributed by atoms with Crippen LogP contribution in [0, 0.1) is 5.92 Å². The molecular weight excluding hydrogens is 236 g/mol. The highest BCUT2D eigenvalue weighted by atomic mass is 16.2. The first-order valence-electron chi connectivity index (χ1n) is 6.86. The van der Waals surface area contributed by atoms with Crippen molar-refractivity contribution in [3.8, 4) is 0 Å². The first kappa shape index (κ1) is 13.8. The van der Waals surface area contributed by atoms with Gasteiger partial charge in [0.15, 0.2) is 0 Å². The molecule has 0 aliphatic heterocycles. The van der Waals surface area contributed by atoms with Gasteiger partial charge in [0.05, 0.1) is 5.92 Å². The zero-order chi connectivity index (χ0) is 13.8. The molecule has 1 amide bonds. The van der Waals surface area contributed by atoms with Gasteiger partial charge in [0.1, 0.15) is 0 Å². The molecule has 0 aromatic heterocycles. The molecule has 3 nitrogen and oxygen atoms in total. The molecule has 0 spiro atoms. The van der Waals surface area contributed by atoms with Crippen LogP contribution in [-0.4, -0.2) is 22.9 Å². The minimum Gasteiger partial charge on any atom is -0.335 e. The van der Waals surface area contributed by atoms with Gasteiger partial charge in [-0.2, -0.15) is 0 Å². The normalized spacial score (nSPS) is 21.9. The fourth-order valence-electron chi connectivity index (χ4n) is 2.42. The van der Waals surface area contributed by atoms with E-state index in [0.29, 0.717) is 6.54 Å². The number of rotatable bonds is 4. The van der Waals surface area contributed by atoms with E-state index in [4.69, 9.17) is 5.73 Å². The molecule has 2 atom stereocenters. The Morgan fingerprint density at radius 2 is 2.00 bits per heavy atom. The maximum absolute atomic E-state index is 12.6. The molecule has 2 rings (SSSR count). The summed E-state index contributed by atoms with van der Waals surface area (Å²) in [5, 5.41) is 0. The van der Waals surface area contributed by atoms with Crippen molar-refractivity contribution < 1.29 is 4.79 Å². The third-order valence-corrected chi connectivity index (χ3v) is 3.54. The average Bonchev–Trinajstić information content (AvgIpc) is 2.83. The van der Waals surface area contributed by atoms with Crippen LogP contribution in [0.5, 0.6) is 0 Å². The van der Waals surface area contributed by atoms with E-state index in [-0.39, 0.29) is 23.9 Å². The lowest BCUT2D eigenvalue weighted by molar-refractivity contribution is -0.136. The average molecular weight is 258 g/mol. The van der Waals surface area contributed by atoms with E-state index >= 15 is 0 Å². The van der Waals surface area contributed by atoms with Gasteiger partial charge >= 0.3 is 0 Å². The molecule has 1 aliphatic carbocycles. The smallest absolute Gasteiger partial charge is 0.230 e. The number of benzene rings is 1. The standard InChI is InChI=1S/C16H22N2O/c1-12(2)18(11-13-6-4-3-5-7-13)16(19)14-8-9-15(17)10-14/h3-9,12,14-15H,10-11,17H2,1-2H3. The van der Waals surface area contributed by atoms with Crippen LogP contribution < -0.4 is 5.73 Å². The van der Waals surface area contributed by atoms with Gasteiger partial charge in [0.2, 0.25) is 5.91 Å². The molecule has 2 unspecified atom stereocenters. The summed E-state index contributed by atoms with van der Waals surface area (Å²) in [6, 6.07) is 10.3. The topological polar surface area (TPSA) is 46.3 Å². The van der Waals surface area contributed by atoms with E-state index < -0.39 is 0 Å². The Morgan fingerprint density at radius 1 is 1.32 bits per heavy atom. The maximum atomic E-state index is 12.6. The Labute approximate surface area is 115 Å². The molecule has 0 bridgehead atoms. The number of carbonyl (C=O) groups is 1. The van der Waals surface area contributed by atoms with Crippen LogP contribution in [0.4, 0.5) is 0 Å². The predicted molar refractivity (Wildman–Crippen MR) is 77.4 cm³/mol. The minimum atomic E-state index is -0.0545. The number of carbonyl (C=O) groups excluding carboxylic acids is 1. The molecule has 0 saturated carbocycles. The molecule has 0 fully saturated rings. The lowest BCUT2D eigenvalue weighted by Crippen LogP contribution is -2.40. The zero-order valence-electron chi connectivity index (χ0n) is 11.6. The summed E-state index contributed by atoms with van der Waals surface area (Å²) in [7, 11) is 0. The van der Waals surface area contributed by atoms with Gasteiger partial charge in [-0.25, -0.2) is 0 Å². The van der Waals surface area contributed by atoms with E-state index in [1.54, 1.807) is 0 Å². The fraction of sp³-hybridized carbons (Fsp3) is 0.438. The molecule has 0 radical (unpaired) electrons. The summed E-state index contributed by atoms with van der Waals surface area (Å²) in [4.78, 5) is 14.5. The van der Waals surface area contributed by atoms with Gasteiger partial charge in [-0.3, -0.25) is 4.79 Å². The van der Waals surface area contributed by atoms with Gasteiger partial charge in [-0.1, -0.05) is 42.5 Å². The van der Waals surface area contributed by atoms with E-state index in [0.717, 1.165) is 12.0 Å². The lowest BCUT2D eigenvalue weighted by Gasteiger charge is -2.29. The van der Waals surface area contributed by atoms with Crippen molar-refractivity contribution in [3.63, 3.8) is 0 Å². The Morgan fingerprint density at radius 3 is 2.53 bits per heavy atom. The number of amides is 1. The molecular formula is C16H22N2O. The minimum absolute atomic E-state index is 0.0275. The Balaban J connectivity index is 2.08. The molecule has 3 heteroatoms. The van der Waals surface area contributed by atoms with Gasteiger partial charge in [-0.15, -0.1) is 0 Å². The Bertz CT molecular complexity index is 453. The number of nitrogens with two attached hydrogens (primary N) is 1. The first-order chi connectivity index (χ1) is 9.08. The van der Waals surface area contributed by atoms with Crippen molar-refractivity contribution in [2.45, 2.75) is 38.9 Å². The van der Waals surface area contributed by atoms with Crippen LogP contribution in [0.1, 0.15) is 25.8 Å². The molecule has 1 aromatic carbocycles. The second-order valence-electron chi connectivity index (χ2n) is 5.44. The highest BCUT2D eigenvalue weighted by Crippen LogP contribution is 2.21. The molecule has 1 aliphatic rings. The molecule has 0 heterocycles. The Kier molecular flexibility index (Phi) is 4.38. The van der Waals surface area contributed by atoms with Crippen molar-refractivity contribution in [2.24, 2.45) is 11.7 Å². The second-order valence-corrected chi connectivity index (χ2v) is 5.44. The fourth-order valence-corrected chi connectivity index (χ4v) is 2.42. The SMILES string of the molecule is CC(C)N(Cc1ccccc1)C(=O)C1C=CC(N)C1. The van der Waals surface area contributed by atoms with Crippen LogP contribution in [0.25, 0.3) is 0 Å². The predicted octanol–water partition coefficient (Wildman–Crippen LogP) is 2.33. The van der Waals surface area contributed by atoms with Crippen molar-refractivity contribution in [2.75, 3.05) is 0 Å². The van der Waals surface area contributed by atoms with Gasteiger partial charge in [0.25, 0.3) is 0 Å². The van der Waals surface area contributed by atoms with Crippen molar-refractivity contribution in [1.29, 1.82) is 0 Å². The van der Waals surface area contributed by atoms with E-state index in [1.807, 2.05) is 35.3 Å². The summed E-state index contributed by atoms with van der Waals surface area (Å²) in [5.41, 5.74) is 7.00. The third kappa shape index (κ3) is 3.44. The molecule has 0 saturated heterocycles. The van der Waals surface area contributed by atoms with Crippen molar-refractivity contribution in [3.05, 3.63) is 48.0 Å². The number of nitrogens with zero attached hydrogens (tertiary/aromatic N) is 1. The summed E-state index contributed by atoms with van der Waals surface area (Å²) in [6.45, 7) is 4.77. The highest BCUT2D eigenvalue weighted by Gasteiger charge is 2.28. The van der Waals surface area contributed by atoms with E-state index in [1.165, 1.54) is 0 Å². The largest absolute Gasteiger partial charge is 0.335 e. The lowest BCUT2D eigenvalue weighted by atomic mass is 10.0. The number of hydrogen-bond acceptors (Lipinski definition) is 2. The summed E-state index contributed by atoms with van der Waals surface area (Å²) >= 11 is 0. The number of hydrogen-bond donors (Lipinski definition) is 1. The van der Waals surface area contributed by atoms with E-state index in [2.05, 4.69) is 26.0 Å². The van der Waals surface area contributed by atoms with E-state index in [9.17, 15) is 4.79 Å². The quantitative estimate of drug-likeness (QED) is 0.843. The molecule has 1 aromatic rings. The zero-order valence-corrected chi connectivity index (χ0v) is 11.6. The highest BCUT2D eigenvalue weighted by molar-refractivity contribution is 5.81. The molecule has 19 heavy (non-hydrogen) atoms.